The largest absolute Gasteiger partial charge is 0.550 e. The predicted molar refractivity (Wildman–Crippen MR) is 175 cm³/mol. The van der Waals surface area contributed by atoms with Gasteiger partial charge >= 0.3 is 11.9 Å². The summed E-state index contributed by atoms with van der Waals surface area (Å²) >= 11 is 0. The van der Waals surface area contributed by atoms with E-state index in [1.54, 1.807) is 0 Å². The van der Waals surface area contributed by atoms with E-state index in [-0.39, 0.29) is 19.3 Å². The number of carboxylic acid groups (broad SMARTS) is 3. The molecule has 0 aromatic heterocycles. The molecule has 2 N–H and O–H groups in total. The van der Waals surface area contributed by atoms with Gasteiger partial charge in [0.1, 0.15) is 0 Å². The first kappa shape index (κ1) is 41.1. The molecule has 0 spiro atoms. The molecule has 0 heterocycles. The highest BCUT2D eigenvalue weighted by atomic mass is 16.4. The number of carbonyl (C=O) groups is 3. The van der Waals surface area contributed by atoms with E-state index in [0.717, 1.165) is 69.2 Å². The Hall–Kier alpha value is -1.89. The molecule has 7 heteroatoms. The molecular weight excluding hydrogens is 542 g/mol. The number of quaternary nitrogens is 1. The van der Waals surface area contributed by atoms with E-state index in [0.29, 0.717) is 19.3 Å². The van der Waals surface area contributed by atoms with Gasteiger partial charge in [0, 0.05) is 25.2 Å². The van der Waals surface area contributed by atoms with Crippen molar-refractivity contribution in [1.29, 1.82) is 0 Å². The predicted octanol–water partition coefficient (Wildman–Crippen LogP) is 8.44. The van der Waals surface area contributed by atoms with Gasteiger partial charge in [0.05, 0.1) is 26.2 Å². The maximum Gasteiger partial charge on any atom is 0.303 e. The van der Waals surface area contributed by atoms with E-state index >= 15 is 0 Å². The van der Waals surface area contributed by atoms with Crippen molar-refractivity contribution in [3.8, 4) is 0 Å². The first-order chi connectivity index (χ1) is 20.8. The Bertz CT molecular complexity index is 653. The number of allylic oxidation sites excluding steroid dienone is 2. The molecule has 0 saturated carbocycles. The van der Waals surface area contributed by atoms with Crippen molar-refractivity contribution in [2.45, 2.75) is 174 Å². The lowest BCUT2D eigenvalue weighted by molar-refractivity contribution is -0.929. The highest BCUT2D eigenvalue weighted by molar-refractivity contribution is 5.66. The van der Waals surface area contributed by atoms with E-state index < -0.39 is 17.9 Å². The molecule has 0 aliphatic carbocycles. The molecule has 0 unspecified atom stereocenters. The van der Waals surface area contributed by atoms with Crippen molar-refractivity contribution in [1.82, 2.24) is 0 Å². The molecule has 0 fully saturated rings. The van der Waals surface area contributed by atoms with Gasteiger partial charge in [-0.3, -0.25) is 9.59 Å². The Morgan fingerprint density at radius 1 is 0.488 bits per heavy atom. The van der Waals surface area contributed by atoms with Crippen molar-refractivity contribution in [3.05, 3.63) is 12.2 Å². The molecule has 0 aromatic carbocycles. The second kappa shape index (κ2) is 30.1. The Kier molecular flexibility index (Phi) is 28.8. The topological polar surface area (TPSA) is 115 Å². The SMILES string of the molecule is CCCCCCCCCCCCCCCC/C=C/CCC[N+](CCCCC(=O)[O-])(CCCCC(=O)O)CCCCC(=O)O. The molecule has 0 amide bonds. The fourth-order valence-corrected chi connectivity index (χ4v) is 6.07. The highest BCUT2D eigenvalue weighted by Crippen LogP contribution is 2.19. The van der Waals surface area contributed by atoms with Gasteiger partial charge < -0.3 is 24.6 Å². The zero-order chi connectivity index (χ0) is 31.9. The van der Waals surface area contributed by atoms with E-state index in [9.17, 15) is 19.5 Å². The van der Waals surface area contributed by atoms with Crippen molar-refractivity contribution < 1.29 is 34.2 Å². The first-order valence-corrected chi connectivity index (χ1v) is 17.9. The van der Waals surface area contributed by atoms with Gasteiger partial charge in [0.2, 0.25) is 0 Å². The van der Waals surface area contributed by atoms with Crippen LogP contribution < -0.4 is 5.11 Å². The molecule has 0 saturated heterocycles. The average Bonchev–Trinajstić information content (AvgIpc) is 2.96. The summed E-state index contributed by atoms with van der Waals surface area (Å²) in [6.45, 7) is 5.78. The smallest absolute Gasteiger partial charge is 0.303 e. The van der Waals surface area contributed by atoms with Crippen LogP contribution in [0.5, 0.6) is 0 Å². The fourth-order valence-electron chi connectivity index (χ4n) is 6.07. The maximum absolute atomic E-state index is 11.0. The van der Waals surface area contributed by atoms with E-state index in [2.05, 4.69) is 19.1 Å². The molecule has 0 aromatic rings. The third kappa shape index (κ3) is 29.9. The van der Waals surface area contributed by atoms with Crippen LogP contribution in [-0.2, 0) is 14.4 Å². The van der Waals surface area contributed by atoms with Crippen molar-refractivity contribution in [2.75, 3.05) is 26.2 Å². The lowest BCUT2D eigenvalue weighted by Gasteiger charge is -2.39. The summed E-state index contributed by atoms with van der Waals surface area (Å²) in [5.41, 5.74) is 0. The van der Waals surface area contributed by atoms with Crippen LogP contribution in [0.1, 0.15) is 174 Å². The average molecular weight is 610 g/mol. The number of aliphatic carboxylic acids is 3. The van der Waals surface area contributed by atoms with Crippen LogP contribution in [0.3, 0.4) is 0 Å². The Morgan fingerprint density at radius 2 is 0.837 bits per heavy atom. The number of rotatable bonds is 34. The molecule has 0 bridgehead atoms. The van der Waals surface area contributed by atoms with Crippen LogP contribution in [0, 0.1) is 0 Å². The quantitative estimate of drug-likeness (QED) is 0.0430. The third-order valence-corrected chi connectivity index (χ3v) is 8.70. The van der Waals surface area contributed by atoms with Crippen LogP contribution in [0.15, 0.2) is 12.2 Å². The molecule has 43 heavy (non-hydrogen) atoms. The second-order valence-corrected chi connectivity index (χ2v) is 12.8. The number of nitrogens with zero attached hydrogens (tertiary/aromatic N) is 1. The Morgan fingerprint density at radius 3 is 1.23 bits per heavy atom. The minimum absolute atomic E-state index is 0.0556. The maximum atomic E-state index is 11.0. The summed E-state index contributed by atoms with van der Waals surface area (Å²) in [4.78, 5) is 32.9. The zero-order valence-corrected chi connectivity index (χ0v) is 27.8. The van der Waals surface area contributed by atoms with Crippen molar-refractivity contribution in [3.63, 3.8) is 0 Å². The number of hydrogen-bond donors (Lipinski definition) is 2. The molecule has 252 valence electrons. The molecular formula is C36H67NO6. The third-order valence-electron chi connectivity index (χ3n) is 8.70. The number of carboxylic acids is 3. The van der Waals surface area contributed by atoms with Gasteiger partial charge in [-0.1, -0.05) is 103 Å². The Balaban J connectivity index is 4.35. The lowest BCUT2D eigenvalue weighted by atomic mass is 10.0. The second-order valence-electron chi connectivity index (χ2n) is 12.8. The molecule has 0 rings (SSSR count). The Labute approximate surface area is 264 Å². The molecule has 0 radical (unpaired) electrons. The summed E-state index contributed by atoms with van der Waals surface area (Å²) < 4.78 is 0.819. The van der Waals surface area contributed by atoms with E-state index in [1.165, 1.54) is 89.9 Å². The number of unbranched alkanes of at least 4 members (excludes halogenated alkanes) is 18. The minimum Gasteiger partial charge on any atom is -0.550 e. The van der Waals surface area contributed by atoms with Gasteiger partial charge in [-0.15, -0.1) is 0 Å². The minimum atomic E-state index is -1.02. The number of carbonyl (C=O) groups excluding carboxylic acids is 1. The van der Waals surface area contributed by atoms with Crippen LogP contribution in [0.25, 0.3) is 0 Å². The zero-order valence-electron chi connectivity index (χ0n) is 27.8. The normalized spacial score (nSPS) is 11.8. The van der Waals surface area contributed by atoms with Crippen LogP contribution >= 0.6 is 0 Å². The fraction of sp³-hybridized carbons (Fsp3) is 0.861. The molecule has 7 nitrogen and oxygen atoms in total. The standard InChI is InChI=1S/C36H67NO6/c1-2-3-4-5-6-7-8-9-10-11-12-13-14-15-16-17-18-19-23-30-37(31-24-20-27-34(38)39,32-25-21-28-35(40)41)33-26-22-29-36(42)43/h17-18H,2-16,19-33H2,1H3,(H2-,38,39,40,41,42,43)/b18-17+. The van der Waals surface area contributed by atoms with Crippen LogP contribution in [0.4, 0.5) is 0 Å². The molecule has 0 atom stereocenters. The van der Waals surface area contributed by atoms with Crippen LogP contribution in [0.2, 0.25) is 0 Å². The van der Waals surface area contributed by atoms with Gasteiger partial charge in [-0.05, 0) is 64.2 Å². The summed E-state index contributed by atoms with van der Waals surface area (Å²) in [6.07, 6.45) is 31.6. The first-order valence-electron chi connectivity index (χ1n) is 17.9. The van der Waals surface area contributed by atoms with Crippen molar-refractivity contribution in [2.24, 2.45) is 0 Å². The monoisotopic (exact) mass is 609 g/mol. The number of hydrogen-bond acceptors (Lipinski definition) is 4. The summed E-state index contributed by atoms with van der Waals surface area (Å²) in [6, 6.07) is 0. The van der Waals surface area contributed by atoms with E-state index in [1.807, 2.05) is 0 Å². The van der Waals surface area contributed by atoms with Gasteiger partial charge in [-0.25, -0.2) is 0 Å². The van der Waals surface area contributed by atoms with Crippen LogP contribution in [-0.4, -0.2) is 58.8 Å². The molecule has 0 aliphatic heterocycles. The van der Waals surface area contributed by atoms with E-state index in [4.69, 9.17) is 10.2 Å². The van der Waals surface area contributed by atoms with Gasteiger partial charge in [-0.2, -0.15) is 0 Å². The summed E-state index contributed by atoms with van der Waals surface area (Å²) in [5.74, 6) is -2.58. The molecule has 0 aliphatic rings. The van der Waals surface area contributed by atoms with Gasteiger partial charge in [0.25, 0.3) is 0 Å². The highest BCUT2D eigenvalue weighted by Gasteiger charge is 2.26. The lowest BCUT2D eigenvalue weighted by Crippen LogP contribution is -2.51. The summed E-state index contributed by atoms with van der Waals surface area (Å²) in [5, 5.41) is 29.0. The van der Waals surface area contributed by atoms with Gasteiger partial charge in [0.15, 0.2) is 0 Å². The van der Waals surface area contributed by atoms with Crippen molar-refractivity contribution >= 4 is 17.9 Å². The summed E-state index contributed by atoms with van der Waals surface area (Å²) in [7, 11) is 0.